The van der Waals surface area contributed by atoms with Gasteiger partial charge >= 0.3 is 0 Å². The molecule has 4 rings (SSSR count). The number of nitrogens with zero attached hydrogens (tertiary/aromatic N) is 2. The van der Waals surface area contributed by atoms with Crippen LogP contribution in [-0.4, -0.2) is 42.3 Å². The number of hydrogen-bond acceptors (Lipinski definition) is 4. The highest BCUT2D eigenvalue weighted by Gasteiger charge is 2.49. The minimum Gasteiger partial charge on any atom is -0.315 e. The molecule has 2 aromatic carbocycles. The summed E-state index contributed by atoms with van der Waals surface area (Å²) in [7, 11) is -3.08. The van der Waals surface area contributed by atoms with Crippen molar-refractivity contribution in [2.24, 2.45) is 4.99 Å². The van der Waals surface area contributed by atoms with E-state index in [1.807, 2.05) is 43.0 Å². The Kier molecular flexibility index (Phi) is 4.60. The summed E-state index contributed by atoms with van der Waals surface area (Å²) in [5, 5.41) is 0.488. The fourth-order valence-electron chi connectivity index (χ4n) is 3.74. The van der Waals surface area contributed by atoms with Crippen molar-refractivity contribution in [3.05, 3.63) is 65.2 Å². The van der Waals surface area contributed by atoms with Crippen molar-refractivity contribution in [2.75, 3.05) is 16.4 Å². The maximum absolute atomic E-state index is 12.6. The SMILES string of the molecule is Cc1cccc(C)c1N1C(=NC(=O)c2ccccc2)S[C@H]2CS(=O)(=O)C[C@@H]21. The van der Waals surface area contributed by atoms with Gasteiger partial charge in [0, 0.05) is 16.5 Å². The van der Waals surface area contributed by atoms with E-state index in [0.29, 0.717) is 10.7 Å². The molecular formula is C20H20N2O3S2. The molecule has 2 heterocycles. The van der Waals surface area contributed by atoms with Gasteiger partial charge in [-0.15, -0.1) is 0 Å². The monoisotopic (exact) mass is 400 g/mol. The fraction of sp³-hybridized carbons (Fsp3) is 0.300. The van der Waals surface area contributed by atoms with Gasteiger partial charge in [0.2, 0.25) is 0 Å². The lowest BCUT2D eigenvalue weighted by Gasteiger charge is -2.27. The number of hydrogen-bond donors (Lipinski definition) is 0. The van der Waals surface area contributed by atoms with Crippen LogP contribution < -0.4 is 4.90 Å². The Balaban J connectivity index is 1.79. The van der Waals surface area contributed by atoms with Crippen LogP contribution in [0.4, 0.5) is 5.69 Å². The van der Waals surface area contributed by atoms with E-state index in [-0.39, 0.29) is 28.7 Å². The molecule has 0 radical (unpaired) electrons. The van der Waals surface area contributed by atoms with Crippen molar-refractivity contribution in [2.45, 2.75) is 25.1 Å². The topological polar surface area (TPSA) is 66.8 Å². The first-order valence-electron chi connectivity index (χ1n) is 8.76. The second kappa shape index (κ2) is 6.80. The van der Waals surface area contributed by atoms with E-state index in [1.54, 1.807) is 24.3 Å². The largest absolute Gasteiger partial charge is 0.315 e. The van der Waals surface area contributed by atoms with Gasteiger partial charge in [0.25, 0.3) is 5.91 Å². The van der Waals surface area contributed by atoms with Crippen LogP contribution in [0.2, 0.25) is 0 Å². The molecule has 5 nitrogen and oxygen atoms in total. The molecule has 0 aliphatic carbocycles. The third-order valence-electron chi connectivity index (χ3n) is 4.96. The van der Waals surface area contributed by atoms with Crippen molar-refractivity contribution in [1.82, 2.24) is 0 Å². The molecule has 2 atom stereocenters. The molecule has 2 aliphatic heterocycles. The number of thioether (sulfide) groups is 1. The van der Waals surface area contributed by atoms with Crippen molar-refractivity contribution < 1.29 is 13.2 Å². The number of sulfone groups is 1. The average molecular weight is 401 g/mol. The van der Waals surface area contributed by atoms with Crippen LogP contribution >= 0.6 is 11.8 Å². The number of benzene rings is 2. The summed E-state index contributed by atoms with van der Waals surface area (Å²) in [6, 6.07) is 14.7. The molecule has 0 saturated carbocycles. The van der Waals surface area contributed by atoms with Crippen LogP contribution in [-0.2, 0) is 9.84 Å². The van der Waals surface area contributed by atoms with Gasteiger partial charge in [0.1, 0.15) is 0 Å². The van der Waals surface area contributed by atoms with Gasteiger partial charge in [0.15, 0.2) is 15.0 Å². The molecule has 1 amide bonds. The van der Waals surface area contributed by atoms with Crippen molar-refractivity contribution in [1.29, 1.82) is 0 Å². The molecule has 0 aromatic heterocycles. The molecule has 27 heavy (non-hydrogen) atoms. The fourth-order valence-corrected chi connectivity index (χ4v) is 7.64. The molecule has 0 spiro atoms. The van der Waals surface area contributed by atoms with Crippen molar-refractivity contribution >= 4 is 38.4 Å². The Hall–Kier alpha value is -2.12. The van der Waals surface area contributed by atoms with E-state index >= 15 is 0 Å². The van der Waals surface area contributed by atoms with Gasteiger partial charge in [-0.3, -0.25) is 4.79 Å². The maximum atomic E-state index is 12.6. The number of amidine groups is 1. The number of para-hydroxylation sites is 1. The summed E-state index contributed by atoms with van der Waals surface area (Å²) in [5.74, 6) is -0.0867. The average Bonchev–Trinajstić information content (AvgIpc) is 3.07. The standard InChI is InChI=1S/C20H20N2O3S2/c1-13-7-6-8-14(2)18(13)22-16-11-27(24,25)12-17(16)26-20(22)21-19(23)15-9-4-3-5-10-15/h3-10,16-17H,11-12H2,1-2H3/t16-,17-/m0/s1. The molecule has 0 bridgehead atoms. The molecule has 2 fully saturated rings. The van der Waals surface area contributed by atoms with Crippen molar-refractivity contribution in [3.8, 4) is 0 Å². The van der Waals surface area contributed by atoms with Crippen LogP contribution in [0.15, 0.2) is 53.5 Å². The molecular weight excluding hydrogens is 380 g/mol. The Morgan fingerprint density at radius 1 is 1.04 bits per heavy atom. The quantitative estimate of drug-likeness (QED) is 0.774. The molecule has 140 valence electrons. The lowest BCUT2D eigenvalue weighted by atomic mass is 10.1. The number of amides is 1. The summed E-state index contributed by atoms with van der Waals surface area (Å²) >= 11 is 1.40. The molecule has 0 unspecified atom stereocenters. The van der Waals surface area contributed by atoms with E-state index in [0.717, 1.165) is 16.8 Å². The summed E-state index contributed by atoms with van der Waals surface area (Å²) in [4.78, 5) is 19.0. The molecule has 2 saturated heterocycles. The summed E-state index contributed by atoms with van der Waals surface area (Å²) in [5.41, 5.74) is 3.56. The van der Waals surface area contributed by atoms with Crippen LogP contribution in [0.3, 0.4) is 0 Å². The normalized spacial score (nSPS) is 25.0. The Morgan fingerprint density at radius 3 is 2.37 bits per heavy atom. The van der Waals surface area contributed by atoms with Gasteiger partial charge in [-0.25, -0.2) is 8.42 Å². The van der Waals surface area contributed by atoms with Crippen molar-refractivity contribution in [3.63, 3.8) is 0 Å². The zero-order chi connectivity index (χ0) is 19.2. The number of aryl methyl sites for hydroxylation is 2. The number of carbonyl (C=O) groups excluding carboxylic acids is 1. The number of rotatable bonds is 2. The van der Waals surface area contributed by atoms with E-state index in [1.165, 1.54) is 11.8 Å². The van der Waals surface area contributed by atoms with Gasteiger partial charge in [-0.2, -0.15) is 4.99 Å². The van der Waals surface area contributed by atoms with Gasteiger partial charge in [0.05, 0.1) is 17.5 Å². The van der Waals surface area contributed by atoms with Gasteiger partial charge in [-0.05, 0) is 37.1 Å². The smallest absolute Gasteiger partial charge is 0.279 e. The second-order valence-electron chi connectivity index (χ2n) is 6.98. The van der Waals surface area contributed by atoms with E-state index in [9.17, 15) is 13.2 Å². The highest BCUT2D eigenvalue weighted by atomic mass is 32.2. The summed E-state index contributed by atoms with van der Waals surface area (Å²) in [6.07, 6.45) is 0. The highest BCUT2D eigenvalue weighted by Crippen LogP contribution is 2.43. The Labute approximate surface area is 163 Å². The lowest BCUT2D eigenvalue weighted by molar-refractivity contribution is 0.100. The first-order valence-corrected chi connectivity index (χ1v) is 11.5. The molecule has 0 N–H and O–H groups in total. The predicted molar refractivity (Wildman–Crippen MR) is 110 cm³/mol. The first-order chi connectivity index (χ1) is 12.9. The second-order valence-corrected chi connectivity index (χ2v) is 10.3. The van der Waals surface area contributed by atoms with E-state index in [2.05, 4.69) is 4.99 Å². The van der Waals surface area contributed by atoms with Crippen LogP contribution in [0.1, 0.15) is 21.5 Å². The lowest BCUT2D eigenvalue weighted by Crippen LogP contribution is -2.38. The first kappa shape index (κ1) is 18.3. The van der Waals surface area contributed by atoms with Gasteiger partial charge in [-0.1, -0.05) is 48.2 Å². The summed E-state index contributed by atoms with van der Waals surface area (Å²) < 4.78 is 24.4. The van der Waals surface area contributed by atoms with Gasteiger partial charge < -0.3 is 4.90 Å². The summed E-state index contributed by atoms with van der Waals surface area (Å²) in [6.45, 7) is 4.00. The van der Waals surface area contributed by atoms with E-state index in [4.69, 9.17) is 0 Å². The molecule has 2 aliphatic rings. The number of fused-ring (bicyclic) bond motifs is 1. The van der Waals surface area contributed by atoms with Crippen LogP contribution in [0, 0.1) is 13.8 Å². The van der Waals surface area contributed by atoms with Crippen LogP contribution in [0.5, 0.6) is 0 Å². The Morgan fingerprint density at radius 2 is 1.70 bits per heavy atom. The highest BCUT2D eigenvalue weighted by molar-refractivity contribution is 8.16. The van der Waals surface area contributed by atoms with E-state index < -0.39 is 9.84 Å². The van der Waals surface area contributed by atoms with Crippen LogP contribution in [0.25, 0.3) is 0 Å². The number of anilines is 1. The number of aliphatic imine (C=N–C) groups is 1. The zero-order valence-corrected chi connectivity index (χ0v) is 16.8. The Bertz CT molecular complexity index is 1010. The third-order valence-corrected chi connectivity index (χ3v) is 8.17. The number of carbonyl (C=O) groups is 1. The molecule has 2 aromatic rings. The minimum atomic E-state index is -3.08. The maximum Gasteiger partial charge on any atom is 0.279 e. The molecule has 7 heteroatoms. The third kappa shape index (κ3) is 3.41. The predicted octanol–water partition coefficient (Wildman–Crippen LogP) is 3.22. The minimum absolute atomic E-state index is 0.0942. The zero-order valence-electron chi connectivity index (χ0n) is 15.1.